The number of nitrogens with one attached hydrogen (secondary N) is 1. The second kappa shape index (κ2) is 6.05. The molecule has 2 aromatic carbocycles. The van der Waals surface area contributed by atoms with Crippen LogP contribution in [0.2, 0.25) is 5.02 Å². The zero-order valence-corrected chi connectivity index (χ0v) is 14.1. The molecule has 4 nitrogen and oxygen atoms in total. The number of fused-ring (bicyclic) bond motifs is 1. The van der Waals surface area contributed by atoms with Gasteiger partial charge in [0.05, 0.1) is 11.6 Å². The van der Waals surface area contributed by atoms with E-state index in [4.69, 9.17) is 11.6 Å². The predicted octanol–water partition coefficient (Wildman–Crippen LogP) is 4.36. The Labute approximate surface area is 140 Å². The Morgan fingerprint density at radius 3 is 2.61 bits per heavy atom. The van der Waals surface area contributed by atoms with Crippen molar-refractivity contribution in [2.45, 2.75) is 19.9 Å². The number of H-pyrrole nitrogens is 1. The number of halogens is 1. The average Bonchev–Trinajstić information content (AvgIpc) is 2.96. The number of hydrogen-bond donors (Lipinski definition) is 1. The number of benzene rings is 2. The summed E-state index contributed by atoms with van der Waals surface area (Å²) in [6.45, 7) is 3.99. The smallest absolute Gasteiger partial charge is 0.275 e. The first-order valence-electron chi connectivity index (χ1n) is 7.44. The van der Waals surface area contributed by atoms with Crippen LogP contribution in [-0.4, -0.2) is 28.1 Å². The zero-order valence-electron chi connectivity index (χ0n) is 13.3. The van der Waals surface area contributed by atoms with Crippen LogP contribution in [0, 0.1) is 6.92 Å². The van der Waals surface area contributed by atoms with Gasteiger partial charge < -0.3 is 4.90 Å². The van der Waals surface area contributed by atoms with Crippen LogP contribution in [0.4, 0.5) is 0 Å². The first-order valence-corrected chi connectivity index (χ1v) is 7.82. The number of aromatic amines is 1. The van der Waals surface area contributed by atoms with Gasteiger partial charge in [0.15, 0.2) is 5.69 Å². The molecule has 3 rings (SSSR count). The van der Waals surface area contributed by atoms with E-state index in [1.165, 1.54) is 0 Å². The van der Waals surface area contributed by atoms with E-state index in [1.807, 2.05) is 56.3 Å². The maximum absolute atomic E-state index is 12.8. The maximum Gasteiger partial charge on any atom is 0.275 e. The second-order valence-corrected chi connectivity index (χ2v) is 6.20. The van der Waals surface area contributed by atoms with Gasteiger partial charge >= 0.3 is 0 Å². The molecule has 0 bridgehead atoms. The molecular formula is C18H18ClN3O. The molecule has 0 aliphatic heterocycles. The summed E-state index contributed by atoms with van der Waals surface area (Å²) >= 11 is 5.93. The van der Waals surface area contributed by atoms with Crippen LogP contribution in [0.25, 0.3) is 10.9 Å². The summed E-state index contributed by atoms with van der Waals surface area (Å²) in [5.74, 6) is -0.107. The van der Waals surface area contributed by atoms with Crippen LogP contribution in [0.1, 0.15) is 34.6 Å². The molecule has 0 aliphatic carbocycles. The van der Waals surface area contributed by atoms with E-state index in [1.54, 1.807) is 11.9 Å². The Morgan fingerprint density at radius 1 is 1.22 bits per heavy atom. The fraction of sp³-hybridized carbons (Fsp3) is 0.222. The number of rotatable bonds is 3. The fourth-order valence-electron chi connectivity index (χ4n) is 2.60. The number of carbonyl (C=O) groups excluding carboxylic acids is 1. The predicted molar refractivity (Wildman–Crippen MR) is 92.8 cm³/mol. The number of amides is 1. The normalized spacial score (nSPS) is 12.3. The summed E-state index contributed by atoms with van der Waals surface area (Å²) in [4.78, 5) is 14.5. The van der Waals surface area contributed by atoms with Crippen molar-refractivity contribution in [2.24, 2.45) is 0 Å². The van der Waals surface area contributed by atoms with Crippen LogP contribution < -0.4 is 0 Å². The van der Waals surface area contributed by atoms with Gasteiger partial charge in [0.1, 0.15) is 0 Å². The van der Waals surface area contributed by atoms with Crippen molar-refractivity contribution in [2.75, 3.05) is 7.05 Å². The van der Waals surface area contributed by atoms with Gasteiger partial charge in [0, 0.05) is 17.5 Å². The molecule has 1 atom stereocenters. The van der Waals surface area contributed by atoms with Crippen LogP contribution in [0.3, 0.4) is 0 Å². The van der Waals surface area contributed by atoms with Crippen molar-refractivity contribution in [3.8, 4) is 0 Å². The molecule has 23 heavy (non-hydrogen) atoms. The highest BCUT2D eigenvalue weighted by molar-refractivity contribution is 6.30. The number of nitrogens with zero attached hydrogens (tertiary/aromatic N) is 2. The highest BCUT2D eigenvalue weighted by atomic mass is 35.5. The molecule has 0 aliphatic rings. The SMILES string of the molecule is Cc1ccc2[nH]nc(C(=O)N(C)C(C)c3ccc(Cl)cc3)c2c1. The Bertz CT molecular complexity index is 854. The third-order valence-electron chi connectivity index (χ3n) is 4.17. The molecule has 0 saturated heterocycles. The number of aromatic nitrogens is 2. The molecule has 1 heterocycles. The molecule has 0 radical (unpaired) electrons. The highest BCUT2D eigenvalue weighted by Gasteiger charge is 2.23. The minimum absolute atomic E-state index is 0.0728. The lowest BCUT2D eigenvalue weighted by Crippen LogP contribution is -2.30. The van der Waals surface area contributed by atoms with Gasteiger partial charge in [-0.2, -0.15) is 5.10 Å². The minimum atomic E-state index is -0.107. The molecule has 5 heteroatoms. The van der Waals surface area contributed by atoms with Crippen LogP contribution in [0.5, 0.6) is 0 Å². The van der Waals surface area contributed by atoms with E-state index in [-0.39, 0.29) is 11.9 Å². The molecule has 1 N–H and O–H groups in total. The topological polar surface area (TPSA) is 49.0 Å². The van der Waals surface area contributed by atoms with Gasteiger partial charge in [-0.3, -0.25) is 9.89 Å². The van der Waals surface area contributed by atoms with E-state index < -0.39 is 0 Å². The van der Waals surface area contributed by atoms with E-state index in [0.29, 0.717) is 10.7 Å². The molecule has 0 fully saturated rings. The number of aryl methyl sites for hydroxylation is 1. The summed E-state index contributed by atoms with van der Waals surface area (Å²) in [6.07, 6.45) is 0. The quantitative estimate of drug-likeness (QED) is 0.777. The van der Waals surface area contributed by atoms with Crippen molar-refractivity contribution in [3.63, 3.8) is 0 Å². The zero-order chi connectivity index (χ0) is 16.6. The van der Waals surface area contributed by atoms with E-state index in [9.17, 15) is 4.79 Å². The molecule has 0 spiro atoms. The number of carbonyl (C=O) groups is 1. The van der Waals surface area contributed by atoms with Crippen molar-refractivity contribution in [3.05, 3.63) is 64.3 Å². The Morgan fingerprint density at radius 2 is 1.91 bits per heavy atom. The first kappa shape index (κ1) is 15.6. The second-order valence-electron chi connectivity index (χ2n) is 5.76. The van der Waals surface area contributed by atoms with Crippen molar-refractivity contribution >= 4 is 28.4 Å². The van der Waals surface area contributed by atoms with E-state index in [0.717, 1.165) is 22.0 Å². The van der Waals surface area contributed by atoms with Crippen molar-refractivity contribution in [1.82, 2.24) is 15.1 Å². The third kappa shape index (κ3) is 2.94. The fourth-order valence-corrected chi connectivity index (χ4v) is 2.72. The van der Waals surface area contributed by atoms with Gasteiger partial charge in [-0.15, -0.1) is 0 Å². The molecule has 1 aromatic heterocycles. The largest absolute Gasteiger partial charge is 0.334 e. The van der Waals surface area contributed by atoms with Crippen LogP contribution in [0.15, 0.2) is 42.5 Å². The maximum atomic E-state index is 12.8. The summed E-state index contributed by atoms with van der Waals surface area (Å²) < 4.78 is 0. The van der Waals surface area contributed by atoms with Gasteiger partial charge in [0.2, 0.25) is 0 Å². The summed E-state index contributed by atoms with van der Waals surface area (Å²) in [5, 5.41) is 8.67. The van der Waals surface area contributed by atoms with Crippen LogP contribution >= 0.6 is 11.6 Å². The van der Waals surface area contributed by atoms with Gasteiger partial charge in [-0.25, -0.2) is 0 Å². The molecule has 3 aromatic rings. The summed E-state index contributed by atoms with van der Waals surface area (Å²) in [6, 6.07) is 13.4. The van der Waals surface area contributed by atoms with E-state index in [2.05, 4.69) is 10.2 Å². The Hall–Kier alpha value is -2.33. The third-order valence-corrected chi connectivity index (χ3v) is 4.43. The van der Waals surface area contributed by atoms with Crippen molar-refractivity contribution < 1.29 is 4.79 Å². The lowest BCUT2D eigenvalue weighted by Gasteiger charge is -2.24. The molecule has 0 saturated carbocycles. The lowest BCUT2D eigenvalue weighted by molar-refractivity contribution is 0.0738. The average molecular weight is 328 g/mol. The van der Waals surface area contributed by atoms with Crippen LogP contribution in [-0.2, 0) is 0 Å². The minimum Gasteiger partial charge on any atom is -0.334 e. The van der Waals surface area contributed by atoms with E-state index >= 15 is 0 Å². The molecule has 1 amide bonds. The van der Waals surface area contributed by atoms with Gasteiger partial charge in [-0.05, 0) is 43.7 Å². The summed E-state index contributed by atoms with van der Waals surface area (Å²) in [5.41, 5.74) is 3.45. The Kier molecular flexibility index (Phi) is 4.09. The highest BCUT2D eigenvalue weighted by Crippen LogP contribution is 2.24. The summed E-state index contributed by atoms with van der Waals surface area (Å²) in [7, 11) is 1.79. The molecular weight excluding hydrogens is 310 g/mol. The van der Waals surface area contributed by atoms with Gasteiger partial charge in [0.25, 0.3) is 5.91 Å². The van der Waals surface area contributed by atoms with Gasteiger partial charge in [-0.1, -0.05) is 35.4 Å². The first-order chi connectivity index (χ1) is 11.0. The number of hydrogen-bond acceptors (Lipinski definition) is 2. The Balaban J connectivity index is 1.91. The molecule has 118 valence electrons. The lowest BCUT2D eigenvalue weighted by atomic mass is 10.1. The monoisotopic (exact) mass is 327 g/mol. The van der Waals surface area contributed by atoms with Crippen molar-refractivity contribution in [1.29, 1.82) is 0 Å². The molecule has 1 unspecified atom stereocenters. The standard InChI is InChI=1S/C18H18ClN3O/c1-11-4-9-16-15(10-11)17(21-20-16)18(23)22(3)12(2)13-5-7-14(19)8-6-13/h4-10,12H,1-3H3,(H,20,21).